The molecule has 134 valence electrons. The molecule has 1 saturated heterocycles. The first-order valence-corrected chi connectivity index (χ1v) is 9.28. The van der Waals surface area contributed by atoms with Crippen LogP contribution in [0.4, 0.5) is 0 Å². The molecular weight excluding hydrogens is 328 g/mol. The zero-order chi connectivity index (χ0) is 17.5. The van der Waals surface area contributed by atoms with Gasteiger partial charge in [-0.2, -0.15) is 0 Å². The number of hydrogen-bond donors (Lipinski definition) is 0. The van der Waals surface area contributed by atoms with Gasteiger partial charge in [0.1, 0.15) is 0 Å². The molecule has 1 fully saturated rings. The lowest BCUT2D eigenvalue weighted by Crippen LogP contribution is -2.41. The van der Waals surface area contributed by atoms with Gasteiger partial charge in [0.2, 0.25) is 6.79 Å². The lowest BCUT2D eigenvalue weighted by atomic mass is 9.98. The van der Waals surface area contributed by atoms with Crippen molar-refractivity contribution in [3.63, 3.8) is 0 Å². The van der Waals surface area contributed by atoms with Gasteiger partial charge in [-0.1, -0.05) is 24.3 Å². The lowest BCUT2D eigenvalue weighted by Gasteiger charge is -2.33. The van der Waals surface area contributed by atoms with E-state index in [0.717, 1.165) is 39.0 Å². The average molecular weight is 350 g/mol. The highest BCUT2D eigenvalue weighted by Crippen LogP contribution is 2.33. The maximum absolute atomic E-state index is 12.9. The van der Waals surface area contributed by atoms with Crippen LogP contribution in [0.5, 0.6) is 11.5 Å². The Morgan fingerprint density at radius 3 is 2.77 bits per heavy atom. The van der Waals surface area contributed by atoms with Gasteiger partial charge in [-0.15, -0.1) is 0 Å². The number of benzene rings is 2. The highest BCUT2D eigenvalue weighted by Gasteiger charge is 2.32. The number of nitrogens with zero attached hydrogens (tertiary/aromatic N) is 2. The number of carbonyl (C=O) groups is 1. The van der Waals surface area contributed by atoms with Gasteiger partial charge < -0.3 is 14.4 Å². The van der Waals surface area contributed by atoms with Crippen LogP contribution in [-0.2, 0) is 13.0 Å². The number of fused-ring (bicyclic) bond motifs is 2. The summed E-state index contributed by atoms with van der Waals surface area (Å²) in [5.74, 6) is 1.47. The summed E-state index contributed by atoms with van der Waals surface area (Å²) < 4.78 is 10.7. The van der Waals surface area contributed by atoms with Crippen LogP contribution in [0.15, 0.2) is 42.5 Å². The van der Waals surface area contributed by atoms with Crippen molar-refractivity contribution >= 4 is 5.91 Å². The molecule has 3 aliphatic rings. The molecular formula is C21H22N2O3. The highest BCUT2D eigenvalue weighted by atomic mass is 16.7. The normalized spacial score (nSPS) is 21.7. The zero-order valence-corrected chi connectivity index (χ0v) is 14.7. The maximum atomic E-state index is 12.9. The molecule has 0 saturated carbocycles. The van der Waals surface area contributed by atoms with Crippen LogP contribution >= 0.6 is 0 Å². The molecule has 1 atom stereocenters. The third kappa shape index (κ3) is 2.72. The van der Waals surface area contributed by atoms with Crippen molar-refractivity contribution in [3.05, 3.63) is 59.2 Å². The van der Waals surface area contributed by atoms with Crippen LogP contribution in [0, 0.1) is 0 Å². The molecule has 0 radical (unpaired) electrons. The number of carbonyl (C=O) groups excluding carboxylic acids is 1. The Bertz CT molecular complexity index is 851. The third-order valence-electron chi connectivity index (χ3n) is 5.75. The van der Waals surface area contributed by atoms with E-state index in [1.54, 1.807) is 6.07 Å². The van der Waals surface area contributed by atoms with Crippen LogP contribution in [0.25, 0.3) is 0 Å². The van der Waals surface area contributed by atoms with Gasteiger partial charge in [0.05, 0.1) is 0 Å². The quantitative estimate of drug-likeness (QED) is 0.835. The molecule has 3 heterocycles. The van der Waals surface area contributed by atoms with Crippen LogP contribution in [0.3, 0.4) is 0 Å². The van der Waals surface area contributed by atoms with Crippen molar-refractivity contribution in [3.8, 4) is 11.5 Å². The number of rotatable bonds is 2. The van der Waals surface area contributed by atoms with Gasteiger partial charge in [-0.3, -0.25) is 9.69 Å². The van der Waals surface area contributed by atoms with Gasteiger partial charge in [-0.05, 0) is 42.2 Å². The lowest BCUT2D eigenvalue weighted by molar-refractivity contribution is 0.0773. The Hall–Kier alpha value is -2.53. The standard InChI is InChI=1S/C21H22N2O3/c24-21(16-5-6-19-20(11-16)26-14-25-19)23-10-8-18(13-23)22-9-7-15-3-1-2-4-17(15)12-22/h1-6,11,18H,7-10,12-14H2. The maximum Gasteiger partial charge on any atom is 0.254 e. The predicted molar refractivity (Wildman–Crippen MR) is 97.4 cm³/mol. The second-order valence-electron chi connectivity index (χ2n) is 7.25. The molecule has 3 aliphatic heterocycles. The second-order valence-corrected chi connectivity index (χ2v) is 7.25. The summed E-state index contributed by atoms with van der Waals surface area (Å²) >= 11 is 0. The number of hydrogen-bond acceptors (Lipinski definition) is 4. The van der Waals surface area contributed by atoms with Gasteiger partial charge in [0.25, 0.3) is 5.91 Å². The molecule has 0 spiro atoms. The first kappa shape index (κ1) is 15.7. The minimum atomic E-state index is 0.0863. The molecule has 1 amide bonds. The Kier molecular flexibility index (Phi) is 3.82. The summed E-state index contributed by atoms with van der Waals surface area (Å²) in [6.07, 6.45) is 2.14. The smallest absolute Gasteiger partial charge is 0.254 e. The van der Waals surface area contributed by atoms with E-state index in [9.17, 15) is 4.79 Å². The zero-order valence-electron chi connectivity index (χ0n) is 14.7. The fourth-order valence-corrected chi connectivity index (χ4v) is 4.27. The van der Waals surface area contributed by atoms with Gasteiger partial charge in [-0.25, -0.2) is 0 Å². The summed E-state index contributed by atoms with van der Waals surface area (Å²) in [4.78, 5) is 17.4. The van der Waals surface area contributed by atoms with Gasteiger partial charge in [0, 0.05) is 37.8 Å². The van der Waals surface area contributed by atoms with Gasteiger partial charge >= 0.3 is 0 Å². The summed E-state index contributed by atoms with van der Waals surface area (Å²) in [5, 5.41) is 0. The molecule has 2 aromatic carbocycles. The first-order valence-electron chi connectivity index (χ1n) is 9.28. The molecule has 26 heavy (non-hydrogen) atoms. The SMILES string of the molecule is O=C(c1ccc2c(c1)OCO2)N1CCC(N2CCc3ccccc3C2)C1. The fourth-order valence-electron chi connectivity index (χ4n) is 4.27. The van der Waals surface area contributed by atoms with E-state index in [0.29, 0.717) is 23.1 Å². The average Bonchev–Trinajstić information content (AvgIpc) is 3.36. The van der Waals surface area contributed by atoms with E-state index in [-0.39, 0.29) is 12.7 Å². The molecule has 5 nitrogen and oxygen atoms in total. The second kappa shape index (κ2) is 6.32. The van der Waals surface area contributed by atoms with Crippen molar-refractivity contribution in [2.24, 2.45) is 0 Å². The van der Waals surface area contributed by atoms with Crippen molar-refractivity contribution < 1.29 is 14.3 Å². The van der Waals surface area contributed by atoms with E-state index < -0.39 is 0 Å². The van der Waals surface area contributed by atoms with Crippen LogP contribution in [0.2, 0.25) is 0 Å². The predicted octanol–water partition coefficient (Wildman–Crippen LogP) is 2.69. The Balaban J connectivity index is 1.27. The summed E-state index contributed by atoms with van der Waals surface area (Å²) in [5.41, 5.74) is 3.58. The van der Waals surface area contributed by atoms with E-state index in [1.807, 2.05) is 17.0 Å². The van der Waals surface area contributed by atoms with E-state index >= 15 is 0 Å². The Morgan fingerprint density at radius 1 is 1.00 bits per heavy atom. The Labute approximate surface area is 153 Å². The minimum Gasteiger partial charge on any atom is -0.454 e. The van der Waals surface area contributed by atoms with E-state index in [2.05, 4.69) is 29.2 Å². The van der Waals surface area contributed by atoms with E-state index in [4.69, 9.17) is 9.47 Å². The molecule has 0 bridgehead atoms. The number of likely N-dealkylation sites (tertiary alicyclic amines) is 1. The molecule has 1 unspecified atom stereocenters. The minimum absolute atomic E-state index is 0.0863. The van der Waals surface area contributed by atoms with Crippen molar-refractivity contribution in [2.45, 2.75) is 25.4 Å². The molecule has 0 N–H and O–H groups in total. The van der Waals surface area contributed by atoms with Crippen LogP contribution in [0.1, 0.15) is 27.9 Å². The third-order valence-corrected chi connectivity index (χ3v) is 5.75. The number of ether oxygens (including phenoxy) is 2. The summed E-state index contributed by atoms with van der Waals surface area (Å²) in [6.45, 7) is 3.92. The van der Waals surface area contributed by atoms with Crippen LogP contribution in [-0.4, -0.2) is 48.2 Å². The molecule has 5 heteroatoms. The molecule has 2 aromatic rings. The molecule has 0 aromatic heterocycles. The highest BCUT2D eigenvalue weighted by molar-refractivity contribution is 5.95. The summed E-state index contributed by atoms with van der Waals surface area (Å²) in [7, 11) is 0. The molecule has 0 aliphatic carbocycles. The van der Waals surface area contributed by atoms with Crippen molar-refractivity contribution in [1.29, 1.82) is 0 Å². The first-order chi connectivity index (χ1) is 12.8. The van der Waals surface area contributed by atoms with Crippen molar-refractivity contribution in [2.75, 3.05) is 26.4 Å². The largest absolute Gasteiger partial charge is 0.454 e. The fraction of sp³-hybridized carbons (Fsp3) is 0.381. The monoisotopic (exact) mass is 350 g/mol. The molecule has 5 rings (SSSR count). The topological polar surface area (TPSA) is 42.0 Å². The van der Waals surface area contributed by atoms with Gasteiger partial charge in [0.15, 0.2) is 11.5 Å². The van der Waals surface area contributed by atoms with E-state index in [1.165, 1.54) is 11.1 Å². The van der Waals surface area contributed by atoms with Crippen molar-refractivity contribution in [1.82, 2.24) is 9.80 Å². The summed E-state index contributed by atoms with van der Waals surface area (Å²) in [6, 6.07) is 14.6. The van der Waals surface area contributed by atoms with Crippen LogP contribution < -0.4 is 9.47 Å². The Morgan fingerprint density at radius 2 is 1.85 bits per heavy atom. The number of amides is 1.